The van der Waals surface area contributed by atoms with E-state index < -0.39 is 6.04 Å². The standard InChI is InChI=1S/C21H18N2O2/c1-24-19-10-9-14(17-7-4-5-11-23-17)12-16(19)21(22)20-13-15-6-2-3-8-18(15)25-20/h2-13,21H,22H2,1H3. The van der Waals surface area contributed by atoms with E-state index in [-0.39, 0.29) is 0 Å². The summed E-state index contributed by atoms with van der Waals surface area (Å²) in [5, 5.41) is 1.03. The van der Waals surface area contributed by atoms with Crippen LogP contribution in [0.4, 0.5) is 0 Å². The van der Waals surface area contributed by atoms with E-state index in [9.17, 15) is 0 Å². The summed E-state index contributed by atoms with van der Waals surface area (Å²) in [5.74, 6) is 1.44. The third-order valence-corrected chi connectivity index (χ3v) is 4.28. The van der Waals surface area contributed by atoms with E-state index in [0.29, 0.717) is 5.76 Å². The molecule has 124 valence electrons. The van der Waals surface area contributed by atoms with Crippen LogP contribution in [-0.4, -0.2) is 12.1 Å². The maximum absolute atomic E-state index is 6.51. The predicted molar refractivity (Wildman–Crippen MR) is 98.5 cm³/mol. The maximum atomic E-state index is 6.51. The minimum absolute atomic E-state index is 0.425. The highest BCUT2D eigenvalue weighted by atomic mass is 16.5. The third kappa shape index (κ3) is 2.88. The van der Waals surface area contributed by atoms with Crippen molar-refractivity contribution >= 4 is 11.0 Å². The van der Waals surface area contributed by atoms with Gasteiger partial charge in [0.05, 0.1) is 18.8 Å². The average molecular weight is 330 g/mol. The van der Waals surface area contributed by atoms with Gasteiger partial charge in [0, 0.05) is 22.7 Å². The fraction of sp³-hybridized carbons (Fsp3) is 0.0952. The summed E-state index contributed by atoms with van der Waals surface area (Å²) in [5.41, 5.74) is 10.1. The second kappa shape index (κ2) is 6.42. The van der Waals surface area contributed by atoms with Crippen molar-refractivity contribution in [1.82, 2.24) is 4.98 Å². The zero-order valence-electron chi connectivity index (χ0n) is 13.8. The largest absolute Gasteiger partial charge is 0.496 e. The van der Waals surface area contributed by atoms with Crippen molar-refractivity contribution in [1.29, 1.82) is 0 Å². The van der Waals surface area contributed by atoms with E-state index in [1.54, 1.807) is 13.3 Å². The highest BCUT2D eigenvalue weighted by Gasteiger charge is 2.19. The van der Waals surface area contributed by atoms with Crippen molar-refractivity contribution in [2.24, 2.45) is 5.73 Å². The molecule has 2 aromatic carbocycles. The van der Waals surface area contributed by atoms with Crippen LogP contribution in [0.2, 0.25) is 0 Å². The van der Waals surface area contributed by atoms with Crippen LogP contribution < -0.4 is 10.5 Å². The van der Waals surface area contributed by atoms with Crippen molar-refractivity contribution < 1.29 is 9.15 Å². The molecule has 25 heavy (non-hydrogen) atoms. The molecule has 2 heterocycles. The smallest absolute Gasteiger partial charge is 0.134 e. The van der Waals surface area contributed by atoms with Gasteiger partial charge in [-0.1, -0.05) is 24.3 Å². The first-order valence-electron chi connectivity index (χ1n) is 8.09. The molecule has 0 saturated carbocycles. The first-order chi connectivity index (χ1) is 12.3. The zero-order chi connectivity index (χ0) is 17.2. The van der Waals surface area contributed by atoms with Crippen molar-refractivity contribution in [3.8, 4) is 17.0 Å². The Hall–Kier alpha value is -3.11. The fourth-order valence-electron chi connectivity index (χ4n) is 2.98. The van der Waals surface area contributed by atoms with Crippen LogP contribution in [0.5, 0.6) is 5.75 Å². The van der Waals surface area contributed by atoms with E-state index in [4.69, 9.17) is 14.9 Å². The van der Waals surface area contributed by atoms with Crippen LogP contribution >= 0.6 is 0 Å². The predicted octanol–water partition coefficient (Wildman–Crippen LogP) is 4.55. The molecule has 0 saturated heterocycles. The van der Waals surface area contributed by atoms with Gasteiger partial charge in [0.25, 0.3) is 0 Å². The van der Waals surface area contributed by atoms with Crippen molar-refractivity contribution in [2.75, 3.05) is 7.11 Å². The summed E-state index contributed by atoms with van der Waals surface area (Å²) < 4.78 is 11.4. The van der Waals surface area contributed by atoms with Crippen LogP contribution in [0.1, 0.15) is 17.4 Å². The van der Waals surface area contributed by atoms with Gasteiger partial charge in [-0.2, -0.15) is 0 Å². The highest BCUT2D eigenvalue weighted by molar-refractivity contribution is 5.78. The third-order valence-electron chi connectivity index (χ3n) is 4.28. The molecule has 0 bridgehead atoms. The van der Waals surface area contributed by atoms with E-state index >= 15 is 0 Å². The number of nitrogens with two attached hydrogens (primary N) is 1. The van der Waals surface area contributed by atoms with Crippen molar-refractivity contribution in [2.45, 2.75) is 6.04 Å². The van der Waals surface area contributed by atoms with Crippen molar-refractivity contribution in [3.05, 3.63) is 84.3 Å². The number of pyridine rings is 1. The molecule has 4 heteroatoms. The van der Waals surface area contributed by atoms with Gasteiger partial charge in [0.1, 0.15) is 17.1 Å². The molecule has 0 spiro atoms. The summed E-state index contributed by atoms with van der Waals surface area (Å²) >= 11 is 0. The Morgan fingerprint density at radius 2 is 1.84 bits per heavy atom. The first kappa shape index (κ1) is 15.4. The molecular weight excluding hydrogens is 312 g/mol. The van der Waals surface area contributed by atoms with Crippen LogP contribution in [0.25, 0.3) is 22.2 Å². The monoisotopic (exact) mass is 330 g/mol. The number of para-hydroxylation sites is 1. The van der Waals surface area contributed by atoms with E-state index in [1.807, 2.05) is 66.7 Å². The molecule has 0 aliphatic heterocycles. The molecular formula is C21H18N2O2. The molecule has 2 aromatic heterocycles. The topological polar surface area (TPSA) is 61.3 Å². The Balaban J connectivity index is 1.79. The fourth-order valence-corrected chi connectivity index (χ4v) is 2.98. The molecule has 2 N–H and O–H groups in total. The second-order valence-electron chi connectivity index (χ2n) is 5.84. The summed E-state index contributed by atoms with van der Waals surface area (Å²) in [6.07, 6.45) is 1.78. The van der Waals surface area contributed by atoms with Gasteiger partial charge in [0.15, 0.2) is 0 Å². The lowest BCUT2D eigenvalue weighted by atomic mass is 9.99. The summed E-state index contributed by atoms with van der Waals surface area (Å²) in [6, 6.07) is 21.2. The molecule has 0 aliphatic rings. The lowest BCUT2D eigenvalue weighted by Gasteiger charge is -2.15. The van der Waals surface area contributed by atoms with Crippen LogP contribution in [0.15, 0.2) is 77.3 Å². The number of methoxy groups -OCH3 is 1. The number of hydrogen-bond acceptors (Lipinski definition) is 4. The Morgan fingerprint density at radius 3 is 2.60 bits per heavy atom. The van der Waals surface area contributed by atoms with Gasteiger partial charge in [0.2, 0.25) is 0 Å². The number of benzene rings is 2. The van der Waals surface area contributed by atoms with Crippen LogP contribution in [0.3, 0.4) is 0 Å². The number of ether oxygens (including phenoxy) is 1. The van der Waals surface area contributed by atoms with E-state index in [0.717, 1.165) is 33.5 Å². The van der Waals surface area contributed by atoms with E-state index in [1.165, 1.54) is 0 Å². The SMILES string of the molecule is COc1ccc(-c2ccccn2)cc1C(N)c1cc2ccccc2o1. The second-order valence-corrected chi connectivity index (χ2v) is 5.84. The van der Waals surface area contributed by atoms with E-state index in [2.05, 4.69) is 4.98 Å². The zero-order valence-corrected chi connectivity index (χ0v) is 13.8. The summed E-state index contributed by atoms with van der Waals surface area (Å²) in [7, 11) is 1.64. The molecule has 0 amide bonds. The lowest BCUT2D eigenvalue weighted by molar-refractivity contribution is 0.404. The average Bonchev–Trinajstić information content (AvgIpc) is 3.12. The van der Waals surface area contributed by atoms with Gasteiger partial charge in [-0.3, -0.25) is 4.98 Å². The minimum Gasteiger partial charge on any atom is -0.496 e. The molecule has 0 aliphatic carbocycles. The number of fused-ring (bicyclic) bond motifs is 1. The lowest BCUT2D eigenvalue weighted by Crippen LogP contribution is -2.12. The molecule has 1 atom stereocenters. The number of aromatic nitrogens is 1. The van der Waals surface area contributed by atoms with Gasteiger partial charge < -0.3 is 14.9 Å². The Morgan fingerprint density at radius 1 is 1.00 bits per heavy atom. The Bertz CT molecular complexity index is 976. The molecule has 4 rings (SSSR count). The quantitative estimate of drug-likeness (QED) is 0.596. The molecule has 1 unspecified atom stereocenters. The number of nitrogens with zero attached hydrogens (tertiary/aromatic N) is 1. The first-order valence-corrected chi connectivity index (χ1v) is 8.09. The van der Waals surface area contributed by atoms with Gasteiger partial charge in [-0.15, -0.1) is 0 Å². The van der Waals surface area contributed by atoms with Crippen LogP contribution in [-0.2, 0) is 0 Å². The summed E-state index contributed by atoms with van der Waals surface area (Å²) in [4.78, 5) is 4.41. The summed E-state index contributed by atoms with van der Waals surface area (Å²) in [6.45, 7) is 0. The minimum atomic E-state index is -0.425. The van der Waals surface area contributed by atoms with Crippen molar-refractivity contribution in [3.63, 3.8) is 0 Å². The molecule has 0 radical (unpaired) electrons. The molecule has 4 nitrogen and oxygen atoms in total. The van der Waals surface area contributed by atoms with Gasteiger partial charge >= 0.3 is 0 Å². The number of furan rings is 1. The van der Waals surface area contributed by atoms with Crippen LogP contribution in [0, 0.1) is 0 Å². The van der Waals surface area contributed by atoms with Gasteiger partial charge in [-0.25, -0.2) is 0 Å². The Labute approximate surface area is 145 Å². The highest BCUT2D eigenvalue weighted by Crippen LogP contribution is 2.34. The number of hydrogen-bond donors (Lipinski definition) is 1. The Kier molecular flexibility index (Phi) is 3.96. The number of rotatable bonds is 4. The normalized spacial score (nSPS) is 12.2. The molecule has 4 aromatic rings. The maximum Gasteiger partial charge on any atom is 0.134 e. The molecule has 0 fully saturated rings. The van der Waals surface area contributed by atoms with Gasteiger partial charge in [-0.05, 0) is 42.5 Å².